The minimum absolute atomic E-state index is 0.116. The average Bonchev–Trinajstić information content (AvgIpc) is 2.96. The maximum absolute atomic E-state index is 13.8. The Kier molecular flexibility index (Phi) is 14.9. The Bertz CT molecular complexity index is 924. The van der Waals surface area contributed by atoms with Crippen LogP contribution in [-0.2, 0) is 24.0 Å². The quantitative estimate of drug-likeness (QED) is 0.135. The second kappa shape index (κ2) is 17.5. The molecular weight excluding hydrogens is 538 g/mol. The monoisotopic (exact) mass is 593 g/mol. The van der Waals surface area contributed by atoms with E-state index in [1.807, 2.05) is 0 Å². The van der Waals surface area contributed by atoms with E-state index in [1.54, 1.807) is 34.7 Å². The molecule has 1 aliphatic carbocycles. The van der Waals surface area contributed by atoms with Gasteiger partial charge in [-0.3, -0.25) is 34.6 Å². The van der Waals surface area contributed by atoms with Crippen LogP contribution in [0.2, 0.25) is 0 Å². The van der Waals surface area contributed by atoms with Crippen molar-refractivity contribution in [1.29, 1.82) is 0 Å². The van der Waals surface area contributed by atoms with Gasteiger partial charge in [-0.1, -0.05) is 52.9 Å². The van der Waals surface area contributed by atoms with Crippen molar-refractivity contribution in [3.8, 4) is 0 Å². The molecule has 42 heavy (non-hydrogen) atoms. The largest absolute Gasteiger partial charge is 0.354 e. The van der Waals surface area contributed by atoms with Crippen LogP contribution in [0, 0.1) is 17.8 Å². The smallest absolute Gasteiger partial charge is 0.243 e. The third kappa shape index (κ3) is 11.3. The summed E-state index contributed by atoms with van der Waals surface area (Å²) in [7, 11) is 1.73. The van der Waals surface area contributed by atoms with Crippen LogP contribution < -0.4 is 37.6 Å². The van der Waals surface area contributed by atoms with Gasteiger partial charge in [0.05, 0.1) is 5.54 Å². The van der Waals surface area contributed by atoms with Gasteiger partial charge in [0.25, 0.3) is 0 Å². The highest BCUT2D eigenvalue weighted by atomic mass is 16.2. The van der Waals surface area contributed by atoms with Crippen LogP contribution in [0.25, 0.3) is 0 Å². The molecule has 0 spiro atoms. The molecule has 2 aliphatic rings. The molecule has 2 rings (SSSR count). The summed E-state index contributed by atoms with van der Waals surface area (Å²) < 4.78 is 0. The second-order valence-electron chi connectivity index (χ2n) is 12.5. The zero-order chi connectivity index (χ0) is 31.3. The van der Waals surface area contributed by atoms with Crippen molar-refractivity contribution in [2.45, 2.75) is 122 Å². The number of hydrogen-bond acceptors (Lipinski definition) is 8. The summed E-state index contributed by atoms with van der Waals surface area (Å²) in [5.74, 6) is -2.42. The molecule has 0 bridgehead atoms. The Hall–Kier alpha value is -2.57. The fourth-order valence-corrected chi connectivity index (χ4v) is 5.63. The minimum atomic E-state index is -1.28. The van der Waals surface area contributed by atoms with Gasteiger partial charge >= 0.3 is 0 Å². The summed E-state index contributed by atoms with van der Waals surface area (Å²) in [5.41, 5.74) is 4.57. The maximum Gasteiger partial charge on any atom is 0.243 e. The molecule has 12 heteroatoms. The van der Waals surface area contributed by atoms with Gasteiger partial charge in [-0.25, -0.2) is 0 Å². The molecule has 4 amide bonds. The molecule has 5 atom stereocenters. The van der Waals surface area contributed by atoms with E-state index in [2.05, 4.69) is 31.9 Å². The fraction of sp³-hybridized carbons (Fsp3) is 0.833. The van der Waals surface area contributed by atoms with Crippen molar-refractivity contribution in [2.24, 2.45) is 23.5 Å². The van der Waals surface area contributed by atoms with Crippen molar-refractivity contribution in [2.75, 3.05) is 20.1 Å². The molecule has 0 aromatic rings. The van der Waals surface area contributed by atoms with E-state index < -0.39 is 41.6 Å². The normalized spacial score (nSPS) is 27.9. The van der Waals surface area contributed by atoms with Crippen molar-refractivity contribution in [3.63, 3.8) is 0 Å². The first-order valence-electron chi connectivity index (χ1n) is 15.8. The lowest BCUT2D eigenvalue weighted by Crippen LogP contribution is -2.58. The van der Waals surface area contributed by atoms with E-state index in [0.29, 0.717) is 38.1 Å². The van der Waals surface area contributed by atoms with Gasteiger partial charge in [-0.15, -0.1) is 0 Å². The van der Waals surface area contributed by atoms with Crippen molar-refractivity contribution in [1.82, 2.24) is 31.9 Å². The summed E-state index contributed by atoms with van der Waals surface area (Å²) in [4.78, 5) is 66.8. The fourth-order valence-electron chi connectivity index (χ4n) is 5.63. The number of amides is 4. The molecule has 0 aromatic carbocycles. The number of nitrogens with two attached hydrogens (primary N) is 1. The van der Waals surface area contributed by atoms with E-state index >= 15 is 0 Å². The Morgan fingerprint density at radius 1 is 1.02 bits per heavy atom. The van der Waals surface area contributed by atoms with Crippen LogP contribution >= 0.6 is 0 Å². The number of rotatable bonds is 11. The molecule has 1 saturated heterocycles. The number of ketones is 1. The van der Waals surface area contributed by atoms with E-state index in [-0.39, 0.29) is 42.9 Å². The molecule has 12 nitrogen and oxygen atoms in total. The molecule has 1 aliphatic heterocycles. The second-order valence-corrected chi connectivity index (χ2v) is 12.5. The molecule has 240 valence electrons. The topological polar surface area (TPSA) is 184 Å². The molecule has 1 unspecified atom stereocenters. The molecule has 0 radical (unpaired) electrons. The minimum Gasteiger partial charge on any atom is -0.354 e. The average molecular weight is 594 g/mol. The third-order valence-corrected chi connectivity index (χ3v) is 8.64. The van der Waals surface area contributed by atoms with Gasteiger partial charge in [0, 0.05) is 24.8 Å². The molecule has 1 heterocycles. The zero-order valence-electron chi connectivity index (χ0n) is 26.3. The predicted octanol–water partition coefficient (Wildman–Crippen LogP) is 0.794. The highest BCUT2D eigenvalue weighted by Crippen LogP contribution is 2.28. The van der Waals surface area contributed by atoms with Crippen LogP contribution in [-0.4, -0.2) is 73.5 Å². The molecule has 2 fully saturated rings. The summed E-state index contributed by atoms with van der Waals surface area (Å²) in [6.07, 6.45) is 6.86. The number of Topliss-reactive ketones (excluding diaryl/α,β-unsaturated/α-hetero) is 1. The van der Waals surface area contributed by atoms with E-state index in [0.717, 1.165) is 25.7 Å². The Balaban J connectivity index is 2.34. The van der Waals surface area contributed by atoms with Gasteiger partial charge in [-0.05, 0) is 58.5 Å². The van der Waals surface area contributed by atoms with Gasteiger partial charge in [0.15, 0.2) is 5.78 Å². The van der Waals surface area contributed by atoms with Gasteiger partial charge in [-0.2, -0.15) is 0 Å². The maximum atomic E-state index is 13.8. The molecule has 0 aromatic heterocycles. The van der Waals surface area contributed by atoms with E-state index in [1.165, 1.54) is 6.42 Å². The lowest BCUT2D eigenvalue weighted by molar-refractivity contribution is -0.137. The van der Waals surface area contributed by atoms with Gasteiger partial charge in [0.1, 0.15) is 18.4 Å². The SMILES string of the molecule is CC[C@@H]1NC(=O)[C@H](CCCNC(N)NC)CC(=O)[C@](C)(NC(=O)C(C)C)CCNC(=O)[C@@H](CC2CCCCC2)NC1=O. The molecule has 8 N–H and O–H groups in total. The number of nitrogens with one attached hydrogen (secondary N) is 6. The highest BCUT2D eigenvalue weighted by Gasteiger charge is 2.39. The van der Waals surface area contributed by atoms with Crippen molar-refractivity contribution >= 4 is 29.4 Å². The number of carbonyl (C=O) groups is 5. The summed E-state index contributed by atoms with van der Waals surface area (Å²) in [6.45, 7) is 7.61. The summed E-state index contributed by atoms with van der Waals surface area (Å²) in [5, 5.41) is 17.6. The summed E-state index contributed by atoms with van der Waals surface area (Å²) in [6, 6.07) is -1.59. The van der Waals surface area contributed by atoms with E-state index in [9.17, 15) is 24.0 Å². The summed E-state index contributed by atoms with van der Waals surface area (Å²) >= 11 is 0. The predicted molar refractivity (Wildman–Crippen MR) is 162 cm³/mol. The van der Waals surface area contributed by atoms with Crippen LogP contribution in [0.4, 0.5) is 0 Å². The van der Waals surface area contributed by atoms with Crippen molar-refractivity contribution in [3.05, 3.63) is 0 Å². The third-order valence-electron chi connectivity index (χ3n) is 8.64. The first-order valence-corrected chi connectivity index (χ1v) is 15.8. The Morgan fingerprint density at radius 3 is 2.31 bits per heavy atom. The van der Waals surface area contributed by atoms with Crippen LogP contribution in [0.15, 0.2) is 0 Å². The van der Waals surface area contributed by atoms with E-state index in [4.69, 9.17) is 5.73 Å². The lowest BCUT2D eigenvalue weighted by atomic mass is 9.83. The first-order chi connectivity index (χ1) is 19.9. The molecular formula is C30H55N7O5. The number of hydrogen-bond donors (Lipinski definition) is 7. The zero-order valence-corrected chi connectivity index (χ0v) is 26.3. The van der Waals surface area contributed by atoms with Crippen molar-refractivity contribution < 1.29 is 24.0 Å². The Labute approximate surface area is 251 Å². The van der Waals surface area contributed by atoms with Gasteiger partial charge in [0.2, 0.25) is 23.6 Å². The van der Waals surface area contributed by atoms with Crippen LogP contribution in [0.5, 0.6) is 0 Å². The lowest BCUT2D eigenvalue weighted by Gasteiger charge is -2.33. The first kappa shape index (κ1) is 35.6. The Morgan fingerprint density at radius 2 is 1.69 bits per heavy atom. The standard InChI is InChI=1S/C30H55N7O5/c1-6-22-28(42)36-23(17-20-11-8-7-9-12-20)27(41)33-16-14-30(4,37-25(39)19(2)3)24(38)18-21(26(40)35-22)13-10-15-34-29(31)32-5/h19-23,29,32,34H,6-18,31H2,1-5H3,(H,33,41)(H,35,40)(H,36,42)(H,37,39)/t21-,22+,23-,29?,30-/m1/s1. The van der Waals surface area contributed by atoms with Crippen LogP contribution in [0.1, 0.15) is 98.3 Å². The number of carbonyl (C=O) groups excluding carboxylic acids is 5. The molecule has 1 saturated carbocycles. The van der Waals surface area contributed by atoms with Crippen LogP contribution in [0.3, 0.4) is 0 Å². The highest BCUT2D eigenvalue weighted by molar-refractivity contribution is 5.97. The van der Waals surface area contributed by atoms with Gasteiger partial charge < -0.3 is 27.0 Å².